The maximum absolute atomic E-state index is 8.61. The summed E-state index contributed by atoms with van der Waals surface area (Å²) in [5, 5.41) is 12.0. The third kappa shape index (κ3) is 2.99. The van der Waals surface area contributed by atoms with Gasteiger partial charge in [0.2, 0.25) is 0 Å². The summed E-state index contributed by atoms with van der Waals surface area (Å²) in [4.78, 5) is 0. The second kappa shape index (κ2) is 4.84. The number of nitrogens with one attached hydrogen (secondary N) is 1. The number of benzene rings is 1. The predicted octanol–water partition coefficient (Wildman–Crippen LogP) is 3.33. The predicted molar refractivity (Wildman–Crippen MR) is 64.0 cm³/mol. The highest BCUT2D eigenvalue weighted by Gasteiger charge is 2.06. The van der Waals surface area contributed by atoms with Gasteiger partial charge in [-0.25, -0.2) is 0 Å². The smallest absolute Gasteiger partial charge is 0.0643 e. The molecule has 0 aliphatic heterocycles. The van der Waals surface area contributed by atoms with Crippen LogP contribution in [0.4, 0.5) is 5.69 Å². The lowest BCUT2D eigenvalue weighted by molar-refractivity contribution is 0.818. The van der Waals surface area contributed by atoms with Gasteiger partial charge in [-0.3, -0.25) is 0 Å². The van der Waals surface area contributed by atoms with Gasteiger partial charge in [-0.1, -0.05) is 17.7 Å². The highest BCUT2D eigenvalue weighted by molar-refractivity contribution is 5.58. The third-order valence-electron chi connectivity index (χ3n) is 2.47. The zero-order chi connectivity index (χ0) is 11.4. The molecule has 1 aromatic carbocycles. The van der Waals surface area contributed by atoms with Gasteiger partial charge in [0.05, 0.1) is 12.5 Å². The number of aryl methyl sites for hydroxylation is 3. The van der Waals surface area contributed by atoms with E-state index in [1.807, 2.05) is 6.92 Å². The Hall–Kier alpha value is -1.49. The van der Waals surface area contributed by atoms with Crippen molar-refractivity contribution in [3.8, 4) is 6.07 Å². The van der Waals surface area contributed by atoms with Crippen molar-refractivity contribution in [2.24, 2.45) is 0 Å². The molecule has 15 heavy (non-hydrogen) atoms. The second-order valence-corrected chi connectivity index (χ2v) is 4.18. The summed E-state index contributed by atoms with van der Waals surface area (Å²) in [7, 11) is 0. The summed E-state index contributed by atoms with van der Waals surface area (Å²) in [5.74, 6) is 0. The van der Waals surface area contributed by atoms with E-state index in [9.17, 15) is 0 Å². The summed E-state index contributed by atoms with van der Waals surface area (Å²) in [5.41, 5.74) is 4.95. The lowest BCUT2D eigenvalue weighted by Gasteiger charge is -2.17. The molecule has 0 saturated heterocycles. The van der Waals surface area contributed by atoms with Gasteiger partial charge in [-0.05, 0) is 38.8 Å². The number of rotatable bonds is 3. The van der Waals surface area contributed by atoms with E-state index in [2.05, 4.69) is 44.3 Å². The SMILES string of the molecule is Cc1cc(C)c(NC(C)CC#N)c(C)c1. The molecule has 0 amide bonds. The molecule has 0 aromatic heterocycles. The van der Waals surface area contributed by atoms with Crippen LogP contribution in [-0.2, 0) is 0 Å². The first-order valence-corrected chi connectivity index (χ1v) is 5.26. The molecule has 2 heteroatoms. The van der Waals surface area contributed by atoms with Crippen molar-refractivity contribution in [2.75, 3.05) is 5.32 Å². The molecule has 1 unspecified atom stereocenters. The van der Waals surface area contributed by atoms with Crippen molar-refractivity contribution < 1.29 is 0 Å². The summed E-state index contributed by atoms with van der Waals surface area (Å²) in [6, 6.07) is 6.70. The molecule has 1 rings (SSSR count). The summed E-state index contributed by atoms with van der Waals surface area (Å²) < 4.78 is 0. The molecule has 0 heterocycles. The standard InChI is InChI=1S/C13H18N2/c1-9-7-10(2)13(11(3)8-9)15-12(4)5-6-14/h7-8,12,15H,5H2,1-4H3. The van der Waals surface area contributed by atoms with Crippen LogP contribution < -0.4 is 5.32 Å². The molecule has 0 aliphatic carbocycles. The molecule has 0 saturated carbocycles. The molecular weight excluding hydrogens is 184 g/mol. The van der Waals surface area contributed by atoms with Crippen LogP contribution in [0.1, 0.15) is 30.0 Å². The Morgan fingerprint density at radius 1 is 1.27 bits per heavy atom. The Morgan fingerprint density at radius 3 is 2.27 bits per heavy atom. The van der Waals surface area contributed by atoms with Gasteiger partial charge >= 0.3 is 0 Å². The van der Waals surface area contributed by atoms with Gasteiger partial charge in [0.1, 0.15) is 0 Å². The molecule has 1 N–H and O–H groups in total. The van der Waals surface area contributed by atoms with Crippen molar-refractivity contribution in [3.05, 3.63) is 28.8 Å². The molecule has 2 nitrogen and oxygen atoms in total. The van der Waals surface area contributed by atoms with Crippen LogP contribution in [0.15, 0.2) is 12.1 Å². The van der Waals surface area contributed by atoms with Gasteiger partial charge in [-0.2, -0.15) is 5.26 Å². The number of nitrogens with zero attached hydrogens (tertiary/aromatic N) is 1. The summed E-state index contributed by atoms with van der Waals surface area (Å²) >= 11 is 0. The van der Waals surface area contributed by atoms with E-state index < -0.39 is 0 Å². The van der Waals surface area contributed by atoms with E-state index in [0.29, 0.717) is 6.42 Å². The zero-order valence-corrected chi connectivity index (χ0v) is 9.89. The van der Waals surface area contributed by atoms with Crippen molar-refractivity contribution in [1.82, 2.24) is 0 Å². The second-order valence-electron chi connectivity index (χ2n) is 4.18. The Bertz CT molecular complexity index is 365. The highest BCUT2D eigenvalue weighted by Crippen LogP contribution is 2.22. The van der Waals surface area contributed by atoms with Crippen LogP contribution in [-0.4, -0.2) is 6.04 Å². The van der Waals surface area contributed by atoms with Gasteiger partial charge in [0, 0.05) is 11.7 Å². The van der Waals surface area contributed by atoms with E-state index >= 15 is 0 Å². The Labute approximate surface area is 91.9 Å². The lowest BCUT2D eigenvalue weighted by Crippen LogP contribution is -2.15. The van der Waals surface area contributed by atoms with Crippen LogP contribution in [0.2, 0.25) is 0 Å². The normalized spacial score (nSPS) is 11.9. The molecule has 0 fully saturated rings. The highest BCUT2D eigenvalue weighted by atomic mass is 14.9. The van der Waals surface area contributed by atoms with Gasteiger partial charge in [-0.15, -0.1) is 0 Å². The van der Waals surface area contributed by atoms with Crippen LogP contribution in [0.25, 0.3) is 0 Å². The zero-order valence-electron chi connectivity index (χ0n) is 9.89. The fourth-order valence-electron chi connectivity index (χ4n) is 1.84. The van der Waals surface area contributed by atoms with Crippen LogP contribution in [0.5, 0.6) is 0 Å². The number of hydrogen-bond donors (Lipinski definition) is 1. The number of hydrogen-bond acceptors (Lipinski definition) is 2. The maximum Gasteiger partial charge on any atom is 0.0643 e. The minimum atomic E-state index is 0.204. The Balaban J connectivity index is 2.91. The van der Waals surface area contributed by atoms with Gasteiger partial charge < -0.3 is 5.32 Å². The molecule has 80 valence electrons. The van der Waals surface area contributed by atoms with Crippen molar-refractivity contribution in [1.29, 1.82) is 5.26 Å². The first-order chi connectivity index (χ1) is 7.04. The average Bonchev–Trinajstić information content (AvgIpc) is 2.11. The molecule has 0 bridgehead atoms. The van der Waals surface area contributed by atoms with Crippen LogP contribution in [0, 0.1) is 32.1 Å². The summed E-state index contributed by atoms with van der Waals surface area (Å²) in [6.45, 7) is 8.33. The Kier molecular flexibility index (Phi) is 3.74. The number of nitriles is 1. The fourth-order valence-corrected chi connectivity index (χ4v) is 1.84. The first kappa shape index (κ1) is 11.6. The monoisotopic (exact) mass is 202 g/mol. The van der Waals surface area contributed by atoms with E-state index in [4.69, 9.17) is 5.26 Å². The molecule has 1 aromatic rings. The molecule has 1 atom stereocenters. The molecule has 0 radical (unpaired) electrons. The largest absolute Gasteiger partial charge is 0.381 e. The maximum atomic E-state index is 8.61. The topological polar surface area (TPSA) is 35.8 Å². The average molecular weight is 202 g/mol. The van der Waals surface area contributed by atoms with E-state index in [1.54, 1.807) is 0 Å². The van der Waals surface area contributed by atoms with Crippen molar-refractivity contribution in [3.63, 3.8) is 0 Å². The van der Waals surface area contributed by atoms with Crippen LogP contribution in [0.3, 0.4) is 0 Å². The quantitative estimate of drug-likeness (QED) is 0.816. The summed E-state index contributed by atoms with van der Waals surface area (Å²) in [6.07, 6.45) is 0.534. The van der Waals surface area contributed by atoms with E-state index in [0.717, 1.165) is 0 Å². The third-order valence-corrected chi connectivity index (χ3v) is 2.47. The molecule has 0 aliphatic rings. The minimum absolute atomic E-state index is 0.204. The minimum Gasteiger partial charge on any atom is -0.381 e. The lowest BCUT2D eigenvalue weighted by atomic mass is 10.0. The van der Waals surface area contributed by atoms with E-state index in [1.165, 1.54) is 22.4 Å². The van der Waals surface area contributed by atoms with Crippen LogP contribution >= 0.6 is 0 Å². The fraction of sp³-hybridized carbons (Fsp3) is 0.462. The van der Waals surface area contributed by atoms with Crippen molar-refractivity contribution >= 4 is 5.69 Å². The molecular formula is C13H18N2. The number of anilines is 1. The van der Waals surface area contributed by atoms with Crippen molar-refractivity contribution in [2.45, 2.75) is 40.2 Å². The van der Waals surface area contributed by atoms with Gasteiger partial charge in [0.25, 0.3) is 0 Å². The van der Waals surface area contributed by atoms with Gasteiger partial charge in [0.15, 0.2) is 0 Å². The Morgan fingerprint density at radius 2 is 1.80 bits per heavy atom. The van der Waals surface area contributed by atoms with E-state index in [-0.39, 0.29) is 6.04 Å². The first-order valence-electron chi connectivity index (χ1n) is 5.26. The molecule has 0 spiro atoms.